The minimum Gasteiger partial charge on any atom is -0.383 e. The molecule has 0 radical (unpaired) electrons. The van der Waals surface area contributed by atoms with Gasteiger partial charge < -0.3 is 10.1 Å². The Kier molecular flexibility index (Phi) is 4.89. The standard InChI is InChI=1S/C11H16F3N3O/c1-7(2)8(6-18-3)15-10-5-4-9(16-17-10)11(12,13)14/h4-5,7-8H,6H2,1-3H3,(H,15,17). The normalized spacial score (nSPS) is 13.7. The van der Waals surface area contributed by atoms with Crippen molar-refractivity contribution in [2.24, 2.45) is 5.92 Å². The van der Waals surface area contributed by atoms with Gasteiger partial charge in [0, 0.05) is 7.11 Å². The fourth-order valence-electron chi connectivity index (χ4n) is 1.33. The SMILES string of the molecule is COCC(Nc1ccc(C(F)(F)F)nn1)C(C)C. The summed E-state index contributed by atoms with van der Waals surface area (Å²) in [5.74, 6) is 0.563. The third kappa shape index (κ3) is 4.14. The van der Waals surface area contributed by atoms with Crippen LogP contribution in [-0.4, -0.2) is 30.0 Å². The third-order valence-corrected chi connectivity index (χ3v) is 2.44. The molecule has 1 atom stereocenters. The fraction of sp³-hybridized carbons (Fsp3) is 0.636. The van der Waals surface area contributed by atoms with Gasteiger partial charge in [-0.1, -0.05) is 13.8 Å². The summed E-state index contributed by atoms with van der Waals surface area (Å²) in [5.41, 5.74) is -0.999. The summed E-state index contributed by atoms with van der Waals surface area (Å²) in [6.45, 7) is 4.41. The van der Waals surface area contributed by atoms with E-state index in [1.165, 1.54) is 6.07 Å². The van der Waals surface area contributed by atoms with Crippen LogP contribution in [-0.2, 0) is 10.9 Å². The third-order valence-electron chi connectivity index (χ3n) is 2.44. The molecule has 0 aromatic carbocycles. The molecule has 0 fully saturated rings. The van der Waals surface area contributed by atoms with E-state index in [4.69, 9.17) is 4.74 Å². The maximum absolute atomic E-state index is 12.3. The minimum absolute atomic E-state index is 0.0268. The smallest absolute Gasteiger partial charge is 0.383 e. The molecule has 0 aliphatic heterocycles. The van der Waals surface area contributed by atoms with E-state index in [1.54, 1.807) is 7.11 Å². The lowest BCUT2D eigenvalue weighted by Gasteiger charge is -2.21. The van der Waals surface area contributed by atoms with Gasteiger partial charge in [-0.25, -0.2) is 0 Å². The number of rotatable bonds is 5. The van der Waals surface area contributed by atoms with E-state index >= 15 is 0 Å². The van der Waals surface area contributed by atoms with E-state index in [2.05, 4.69) is 15.5 Å². The van der Waals surface area contributed by atoms with Crippen molar-refractivity contribution in [3.05, 3.63) is 17.8 Å². The lowest BCUT2D eigenvalue weighted by atomic mass is 10.1. The van der Waals surface area contributed by atoms with Crippen molar-refractivity contribution < 1.29 is 17.9 Å². The quantitative estimate of drug-likeness (QED) is 0.887. The molecule has 1 rings (SSSR count). The average Bonchev–Trinajstić information content (AvgIpc) is 2.28. The average molecular weight is 263 g/mol. The molecule has 102 valence electrons. The molecule has 0 saturated heterocycles. The summed E-state index contributed by atoms with van der Waals surface area (Å²) in [7, 11) is 1.56. The summed E-state index contributed by atoms with van der Waals surface area (Å²) in [6, 6.07) is 2.14. The first-order valence-electron chi connectivity index (χ1n) is 5.51. The van der Waals surface area contributed by atoms with Crippen LogP contribution in [0.5, 0.6) is 0 Å². The predicted octanol–water partition coefficient (Wildman–Crippen LogP) is 2.58. The highest BCUT2D eigenvalue weighted by Crippen LogP contribution is 2.27. The van der Waals surface area contributed by atoms with Crippen LogP contribution in [0.4, 0.5) is 19.0 Å². The zero-order valence-corrected chi connectivity index (χ0v) is 10.5. The van der Waals surface area contributed by atoms with Gasteiger partial charge in [-0.05, 0) is 18.1 Å². The van der Waals surface area contributed by atoms with Gasteiger partial charge in [0.2, 0.25) is 0 Å². The van der Waals surface area contributed by atoms with Gasteiger partial charge in [-0.15, -0.1) is 10.2 Å². The first-order valence-corrected chi connectivity index (χ1v) is 5.51. The molecular formula is C11H16F3N3O. The van der Waals surface area contributed by atoms with Crippen LogP contribution in [0, 0.1) is 5.92 Å². The molecule has 0 aliphatic rings. The number of ether oxygens (including phenoxy) is 1. The topological polar surface area (TPSA) is 47.0 Å². The monoisotopic (exact) mass is 263 g/mol. The lowest BCUT2D eigenvalue weighted by molar-refractivity contribution is -0.141. The van der Waals surface area contributed by atoms with Crippen molar-refractivity contribution >= 4 is 5.82 Å². The zero-order valence-electron chi connectivity index (χ0n) is 10.5. The molecule has 0 bridgehead atoms. The molecule has 1 unspecified atom stereocenters. The second kappa shape index (κ2) is 5.99. The molecule has 4 nitrogen and oxygen atoms in total. The van der Waals surface area contributed by atoms with Crippen molar-refractivity contribution in [1.29, 1.82) is 0 Å². The summed E-state index contributed by atoms with van der Waals surface area (Å²) in [5, 5.41) is 9.65. The van der Waals surface area contributed by atoms with E-state index < -0.39 is 11.9 Å². The minimum atomic E-state index is -4.46. The maximum atomic E-state index is 12.3. The Bertz CT molecular complexity index is 365. The largest absolute Gasteiger partial charge is 0.435 e. The van der Waals surface area contributed by atoms with Crippen molar-refractivity contribution in [1.82, 2.24) is 10.2 Å². The Balaban J connectivity index is 2.73. The summed E-state index contributed by atoms with van der Waals surface area (Å²) < 4.78 is 41.9. The van der Waals surface area contributed by atoms with Gasteiger partial charge in [0.15, 0.2) is 5.69 Å². The molecule has 1 aromatic rings. The van der Waals surface area contributed by atoms with Crippen LogP contribution >= 0.6 is 0 Å². The Labute approximate surface area is 104 Å². The van der Waals surface area contributed by atoms with Crippen molar-refractivity contribution in [3.8, 4) is 0 Å². The molecule has 0 amide bonds. The van der Waals surface area contributed by atoms with Gasteiger partial charge in [-0.3, -0.25) is 0 Å². The summed E-state index contributed by atoms with van der Waals surface area (Å²) in [6.07, 6.45) is -4.46. The van der Waals surface area contributed by atoms with Gasteiger partial charge in [0.25, 0.3) is 0 Å². The maximum Gasteiger partial charge on any atom is 0.435 e. The van der Waals surface area contributed by atoms with Gasteiger partial charge in [-0.2, -0.15) is 13.2 Å². The summed E-state index contributed by atoms with van der Waals surface area (Å²) in [4.78, 5) is 0. The highest BCUT2D eigenvalue weighted by Gasteiger charge is 2.32. The van der Waals surface area contributed by atoms with Crippen LogP contribution in [0.2, 0.25) is 0 Å². The first kappa shape index (κ1) is 14.7. The predicted molar refractivity (Wildman–Crippen MR) is 61.2 cm³/mol. The Morgan fingerprint density at radius 1 is 1.28 bits per heavy atom. The van der Waals surface area contributed by atoms with Gasteiger partial charge >= 0.3 is 6.18 Å². The van der Waals surface area contributed by atoms with E-state index in [0.717, 1.165) is 6.07 Å². The first-order chi connectivity index (χ1) is 8.34. The number of aromatic nitrogens is 2. The number of nitrogens with one attached hydrogen (secondary N) is 1. The van der Waals surface area contributed by atoms with Gasteiger partial charge in [0.05, 0.1) is 12.6 Å². The number of hydrogen-bond acceptors (Lipinski definition) is 4. The van der Waals surface area contributed by atoms with E-state index in [9.17, 15) is 13.2 Å². The number of nitrogens with zero attached hydrogens (tertiary/aromatic N) is 2. The molecule has 0 spiro atoms. The molecule has 1 aromatic heterocycles. The fourth-order valence-corrected chi connectivity index (χ4v) is 1.33. The van der Waals surface area contributed by atoms with Crippen LogP contribution in [0.15, 0.2) is 12.1 Å². The molecule has 0 aliphatic carbocycles. The summed E-state index contributed by atoms with van der Waals surface area (Å²) >= 11 is 0. The molecule has 7 heteroatoms. The zero-order chi connectivity index (χ0) is 13.8. The van der Waals surface area contributed by atoms with Crippen LogP contribution in [0.1, 0.15) is 19.5 Å². The Morgan fingerprint density at radius 2 is 1.94 bits per heavy atom. The lowest BCUT2D eigenvalue weighted by Crippen LogP contribution is -2.31. The van der Waals surface area contributed by atoms with Crippen molar-refractivity contribution in [3.63, 3.8) is 0 Å². The Morgan fingerprint density at radius 3 is 2.33 bits per heavy atom. The van der Waals surface area contributed by atoms with Crippen molar-refractivity contribution in [2.75, 3.05) is 19.0 Å². The number of anilines is 1. The number of methoxy groups -OCH3 is 1. The molecule has 1 N–H and O–H groups in total. The highest BCUT2D eigenvalue weighted by molar-refractivity contribution is 5.34. The molecule has 18 heavy (non-hydrogen) atoms. The van der Waals surface area contributed by atoms with Crippen LogP contribution in [0.3, 0.4) is 0 Å². The molecule has 0 saturated carbocycles. The van der Waals surface area contributed by atoms with E-state index in [1.807, 2.05) is 13.8 Å². The molecule has 1 heterocycles. The highest BCUT2D eigenvalue weighted by atomic mass is 19.4. The van der Waals surface area contributed by atoms with Gasteiger partial charge in [0.1, 0.15) is 5.82 Å². The second-order valence-electron chi connectivity index (χ2n) is 4.25. The number of halogens is 3. The van der Waals surface area contributed by atoms with Crippen LogP contribution < -0.4 is 5.32 Å². The second-order valence-corrected chi connectivity index (χ2v) is 4.25. The molecular weight excluding hydrogens is 247 g/mol. The van der Waals surface area contributed by atoms with E-state index in [0.29, 0.717) is 12.4 Å². The van der Waals surface area contributed by atoms with Crippen molar-refractivity contribution in [2.45, 2.75) is 26.1 Å². The van der Waals surface area contributed by atoms with E-state index in [-0.39, 0.29) is 12.0 Å². The van der Waals surface area contributed by atoms with Crippen LogP contribution in [0.25, 0.3) is 0 Å². The number of alkyl halides is 3. The Hall–Kier alpha value is -1.37. The number of hydrogen-bond donors (Lipinski definition) is 1.